The highest BCUT2D eigenvalue weighted by Gasteiger charge is 2.32. The van der Waals surface area contributed by atoms with Gasteiger partial charge < -0.3 is 15.0 Å². The van der Waals surface area contributed by atoms with Gasteiger partial charge in [0.1, 0.15) is 5.75 Å². The molecular formula is C21H22F3N3O3. The number of halogens is 3. The lowest BCUT2D eigenvalue weighted by molar-refractivity contribution is -0.274. The molecule has 9 heteroatoms. The Bertz CT molecular complexity index is 916. The van der Waals surface area contributed by atoms with Crippen LogP contribution >= 0.6 is 0 Å². The molecule has 0 aromatic heterocycles. The van der Waals surface area contributed by atoms with Crippen molar-refractivity contribution in [2.45, 2.75) is 25.7 Å². The fourth-order valence-electron chi connectivity index (χ4n) is 3.49. The summed E-state index contributed by atoms with van der Waals surface area (Å²) >= 11 is 0. The van der Waals surface area contributed by atoms with Crippen LogP contribution in [0.3, 0.4) is 0 Å². The summed E-state index contributed by atoms with van der Waals surface area (Å²) in [5, 5.41) is 2.59. The molecule has 160 valence electrons. The summed E-state index contributed by atoms with van der Waals surface area (Å²) in [7, 11) is 1.66. The number of para-hydroxylation sites is 1. The first kappa shape index (κ1) is 21.6. The van der Waals surface area contributed by atoms with Crippen molar-refractivity contribution >= 4 is 23.2 Å². The molecule has 2 aromatic carbocycles. The molecule has 0 spiro atoms. The Kier molecular flexibility index (Phi) is 6.31. The number of amides is 2. The van der Waals surface area contributed by atoms with E-state index in [0.29, 0.717) is 5.69 Å². The molecule has 6 nitrogen and oxygen atoms in total. The third-order valence-corrected chi connectivity index (χ3v) is 4.67. The number of hydrogen-bond donors (Lipinski definition) is 1. The second kappa shape index (κ2) is 8.74. The SMILES string of the molecule is C[C@H]1Cc2ccccc2N1C(=O)CN(C)CC(=O)Nc1ccc(OC(F)(F)F)cc1. The average Bonchev–Trinajstić information content (AvgIpc) is 2.97. The van der Waals surface area contributed by atoms with Crippen molar-refractivity contribution < 1.29 is 27.5 Å². The third-order valence-electron chi connectivity index (χ3n) is 4.67. The topological polar surface area (TPSA) is 61.9 Å². The van der Waals surface area contributed by atoms with E-state index in [9.17, 15) is 22.8 Å². The van der Waals surface area contributed by atoms with Gasteiger partial charge in [0.2, 0.25) is 11.8 Å². The van der Waals surface area contributed by atoms with Crippen molar-refractivity contribution in [3.63, 3.8) is 0 Å². The quantitative estimate of drug-likeness (QED) is 0.777. The molecule has 3 rings (SSSR count). The van der Waals surface area contributed by atoms with Gasteiger partial charge in [-0.1, -0.05) is 18.2 Å². The zero-order chi connectivity index (χ0) is 21.9. The Hall–Kier alpha value is -3.07. The van der Waals surface area contributed by atoms with Gasteiger partial charge in [0.25, 0.3) is 0 Å². The van der Waals surface area contributed by atoms with E-state index in [2.05, 4.69) is 10.1 Å². The number of alkyl halides is 3. The molecule has 2 aromatic rings. The Morgan fingerprint density at radius 2 is 1.80 bits per heavy atom. The first-order valence-electron chi connectivity index (χ1n) is 9.36. The van der Waals surface area contributed by atoms with Gasteiger partial charge in [-0.25, -0.2) is 0 Å². The van der Waals surface area contributed by atoms with E-state index >= 15 is 0 Å². The largest absolute Gasteiger partial charge is 0.573 e. The van der Waals surface area contributed by atoms with E-state index in [-0.39, 0.29) is 36.7 Å². The molecule has 1 aliphatic rings. The van der Waals surface area contributed by atoms with Crippen molar-refractivity contribution in [1.29, 1.82) is 0 Å². The molecule has 0 unspecified atom stereocenters. The lowest BCUT2D eigenvalue weighted by atomic mass is 10.1. The van der Waals surface area contributed by atoms with Crippen LogP contribution in [-0.4, -0.2) is 49.3 Å². The lowest BCUT2D eigenvalue weighted by Gasteiger charge is -2.25. The summed E-state index contributed by atoms with van der Waals surface area (Å²) < 4.78 is 40.4. The number of nitrogens with one attached hydrogen (secondary N) is 1. The Morgan fingerprint density at radius 3 is 2.47 bits per heavy atom. The van der Waals surface area contributed by atoms with Crippen LogP contribution in [0.25, 0.3) is 0 Å². The standard InChI is InChI=1S/C21H22F3N3O3/c1-14-11-15-5-3-4-6-18(15)27(14)20(29)13-26(2)12-19(28)25-16-7-9-17(10-8-16)30-21(22,23)24/h3-10,14H,11-13H2,1-2H3,(H,25,28)/t14-/m0/s1. The van der Waals surface area contributed by atoms with Crippen molar-refractivity contribution in [1.82, 2.24) is 4.90 Å². The number of benzene rings is 2. The molecule has 0 saturated carbocycles. The highest BCUT2D eigenvalue weighted by Crippen LogP contribution is 2.31. The maximum atomic E-state index is 12.8. The van der Waals surface area contributed by atoms with Crippen molar-refractivity contribution in [3.8, 4) is 5.75 Å². The molecule has 1 heterocycles. The zero-order valence-corrected chi connectivity index (χ0v) is 16.6. The minimum atomic E-state index is -4.77. The highest BCUT2D eigenvalue weighted by molar-refractivity contribution is 5.98. The van der Waals surface area contributed by atoms with E-state index in [1.807, 2.05) is 31.2 Å². The van der Waals surface area contributed by atoms with Crippen LogP contribution < -0.4 is 15.0 Å². The van der Waals surface area contributed by atoms with Gasteiger partial charge in [-0.05, 0) is 56.3 Å². The number of carbonyl (C=O) groups is 2. The normalized spacial score (nSPS) is 15.8. The predicted octanol–water partition coefficient (Wildman–Crippen LogP) is 3.43. The molecule has 0 bridgehead atoms. The lowest BCUT2D eigenvalue weighted by Crippen LogP contribution is -2.43. The van der Waals surface area contributed by atoms with Crippen molar-refractivity contribution in [3.05, 3.63) is 54.1 Å². The number of ether oxygens (including phenoxy) is 1. The van der Waals surface area contributed by atoms with Gasteiger partial charge in [0.05, 0.1) is 13.1 Å². The molecule has 30 heavy (non-hydrogen) atoms. The summed E-state index contributed by atoms with van der Waals surface area (Å²) in [6, 6.07) is 12.6. The third kappa shape index (κ3) is 5.50. The van der Waals surface area contributed by atoms with Gasteiger partial charge in [-0.15, -0.1) is 13.2 Å². The van der Waals surface area contributed by atoms with Crippen molar-refractivity contribution in [2.24, 2.45) is 0 Å². The molecule has 0 aliphatic carbocycles. The molecular weight excluding hydrogens is 399 g/mol. The summed E-state index contributed by atoms with van der Waals surface area (Å²) in [6.07, 6.45) is -3.98. The molecule has 2 amide bonds. The maximum absolute atomic E-state index is 12.8. The first-order valence-corrected chi connectivity index (χ1v) is 9.36. The molecule has 0 radical (unpaired) electrons. The van der Waals surface area contributed by atoms with Crippen LogP contribution in [0.1, 0.15) is 12.5 Å². The first-order chi connectivity index (χ1) is 14.1. The monoisotopic (exact) mass is 421 g/mol. The number of rotatable bonds is 6. The van der Waals surface area contributed by atoms with Crippen LogP contribution in [0.15, 0.2) is 48.5 Å². The highest BCUT2D eigenvalue weighted by atomic mass is 19.4. The zero-order valence-electron chi connectivity index (χ0n) is 16.6. The Balaban J connectivity index is 1.52. The van der Waals surface area contributed by atoms with Crippen LogP contribution in [-0.2, 0) is 16.0 Å². The minimum absolute atomic E-state index is 0.0452. The second-order valence-electron chi connectivity index (χ2n) is 7.24. The van der Waals surface area contributed by atoms with Crippen LogP contribution in [0.2, 0.25) is 0 Å². The van der Waals surface area contributed by atoms with E-state index in [4.69, 9.17) is 0 Å². The fraction of sp³-hybridized carbons (Fsp3) is 0.333. The van der Waals surface area contributed by atoms with E-state index in [0.717, 1.165) is 29.8 Å². The minimum Gasteiger partial charge on any atom is -0.406 e. The molecule has 0 fully saturated rings. The summed E-state index contributed by atoms with van der Waals surface area (Å²) in [5.74, 6) is -0.857. The Labute approximate surface area is 172 Å². The van der Waals surface area contributed by atoms with Gasteiger partial charge in [-0.3, -0.25) is 14.5 Å². The second-order valence-corrected chi connectivity index (χ2v) is 7.24. The molecule has 1 N–H and O–H groups in total. The van der Waals surface area contributed by atoms with Gasteiger partial charge in [0.15, 0.2) is 0 Å². The number of carbonyl (C=O) groups excluding carboxylic acids is 2. The summed E-state index contributed by atoms with van der Waals surface area (Å²) in [6.45, 7) is 2.00. The number of hydrogen-bond acceptors (Lipinski definition) is 4. The summed E-state index contributed by atoms with van der Waals surface area (Å²) in [4.78, 5) is 28.3. The average molecular weight is 421 g/mol. The molecule has 1 aliphatic heterocycles. The van der Waals surface area contributed by atoms with E-state index in [1.165, 1.54) is 12.1 Å². The van der Waals surface area contributed by atoms with Gasteiger partial charge >= 0.3 is 6.36 Å². The van der Waals surface area contributed by atoms with Crippen LogP contribution in [0.4, 0.5) is 24.5 Å². The summed E-state index contributed by atoms with van der Waals surface area (Å²) in [5.41, 5.74) is 2.35. The Morgan fingerprint density at radius 1 is 1.13 bits per heavy atom. The van der Waals surface area contributed by atoms with Gasteiger partial charge in [0, 0.05) is 17.4 Å². The fourth-order valence-corrected chi connectivity index (χ4v) is 3.49. The molecule has 0 saturated heterocycles. The number of likely N-dealkylation sites (N-methyl/N-ethyl adjacent to an activating group) is 1. The smallest absolute Gasteiger partial charge is 0.406 e. The van der Waals surface area contributed by atoms with Crippen LogP contribution in [0, 0.1) is 0 Å². The van der Waals surface area contributed by atoms with Gasteiger partial charge in [-0.2, -0.15) is 0 Å². The van der Waals surface area contributed by atoms with Crippen molar-refractivity contribution in [2.75, 3.05) is 30.4 Å². The van der Waals surface area contributed by atoms with Crippen LogP contribution in [0.5, 0.6) is 5.75 Å². The number of fused-ring (bicyclic) bond motifs is 1. The predicted molar refractivity (Wildman–Crippen MR) is 106 cm³/mol. The van der Waals surface area contributed by atoms with E-state index in [1.54, 1.807) is 16.8 Å². The van der Waals surface area contributed by atoms with E-state index < -0.39 is 6.36 Å². The number of nitrogens with zero attached hydrogens (tertiary/aromatic N) is 2. The maximum Gasteiger partial charge on any atom is 0.573 e. The number of anilines is 2. The molecule has 1 atom stereocenters.